The number of rotatable bonds is 3. The topological polar surface area (TPSA) is 75.1 Å². The van der Waals surface area contributed by atoms with Crippen LogP contribution in [0.5, 0.6) is 0 Å². The van der Waals surface area contributed by atoms with E-state index in [0.717, 1.165) is 6.20 Å². The Morgan fingerprint density at radius 1 is 1.54 bits per heavy atom. The molecule has 0 saturated heterocycles. The number of H-pyrrole nitrogens is 1. The summed E-state index contributed by atoms with van der Waals surface area (Å²) in [6.07, 6.45) is 0.965. The first-order valence-corrected chi connectivity index (χ1v) is 3.75. The highest BCUT2D eigenvalue weighted by molar-refractivity contribution is 4.87. The minimum Gasteiger partial charge on any atom is -0.396 e. The molecule has 1 rings (SSSR count). The van der Waals surface area contributed by atoms with E-state index in [9.17, 15) is 14.0 Å². The highest BCUT2D eigenvalue weighted by atomic mass is 19.1. The Morgan fingerprint density at radius 3 is 2.85 bits per heavy atom. The van der Waals surface area contributed by atoms with E-state index in [1.54, 1.807) is 0 Å². The van der Waals surface area contributed by atoms with E-state index >= 15 is 0 Å². The smallest absolute Gasteiger partial charge is 0.328 e. The predicted molar refractivity (Wildman–Crippen MR) is 43.0 cm³/mol. The Balaban J connectivity index is 3.11. The second kappa shape index (κ2) is 3.99. The van der Waals surface area contributed by atoms with Gasteiger partial charge in [-0.2, -0.15) is 4.39 Å². The lowest BCUT2D eigenvalue weighted by Crippen LogP contribution is -2.36. The maximum Gasteiger partial charge on any atom is 0.328 e. The van der Waals surface area contributed by atoms with Gasteiger partial charge in [-0.05, 0) is 6.42 Å². The van der Waals surface area contributed by atoms with E-state index in [1.807, 2.05) is 0 Å². The van der Waals surface area contributed by atoms with Crippen molar-refractivity contribution < 1.29 is 9.50 Å². The lowest BCUT2D eigenvalue weighted by molar-refractivity contribution is 0.277. The number of aromatic amines is 1. The third-order valence-corrected chi connectivity index (χ3v) is 1.56. The highest BCUT2D eigenvalue weighted by Gasteiger charge is 2.05. The Labute approximate surface area is 72.5 Å². The van der Waals surface area contributed by atoms with Gasteiger partial charge in [-0.1, -0.05) is 0 Å². The van der Waals surface area contributed by atoms with E-state index in [1.165, 1.54) is 0 Å². The Kier molecular flexibility index (Phi) is 2.97. The molecule has 5 nitrogen and oxygen atoms in total. The van der Waals surface area contributed by atoms with Gasteiger partial charge in [-0.15, -0.1) is 0 Å². The normalized spacial score (nSPS) is 10.3. The molecule has 0 aliphatic carbocycles. The number of hydrogen-bond acceptors (Lipinski definition) is 3. The summed E-state index contributed by atoms with van der Waals surface area (Å²) in [5.74, 6) is -1.00. The molecule has 0 atom stereocenters. The summed E-state index contributed by atoms with van der Waals surface area (Å²) >= 11 is 0. The van der Waals surface area contributed by atoms with Gasteiger partial charge in [0.25, 0.3) is 5.56 Å². The van der Waals surface area contributed by atoms with Crippen LogP contribution in [0.4, 0.5) is 4.39 Å². The lowest BCUT2D eigenvalue weighted by Gasteiger charge is -2.01. The molecule has 0 aliphatic rings. The maximum absolute atomic E-state index is 12.6. The summed E-state index contributed by atoms with van der Waals surface area (Å²) in [5.41, 5.74) is -1.63. The van der Waals surface area contributed by atoms with Gasteiger partial charge in [0.05, 0.1) is 0 Å². The zero-order valence-corrected chi connectivity index (χ0v) is 6.79. The number of halogens is 1. The van der Waals surface area contributed by atoms with Gasteiger partial charge in [-0.25, -0.2) is 4.79 Å². The van der Waals surface area contributed by atoms with E-state index < -0.39 is 17.1 Å². The number of hydrogen-bond donors (Lipinski definition) is 2. The summed E-state index contributed by atoms with van der Waals surface area (Å²) < 4.78 is 13.3. The van der Waals surface area contributed by atoms with Crippen molar-refractivity contribution in [3.63, 3.8) is 0 Å². The summed E-state index contributed by atoms with van der Waals surface area (Å²) in [7, 11) is 0. The van der Waals surface area contributed by atoms with Crippen molar-refractivity contribution in [2.45, 2.75) is 13.0 Å². The molecule has 72 valence electrons. The van der Waals surface area contributed by atoms with Crippen LogP contribution in [-0.2, 0) is 6.54 Å². The molecule has 0 fully saturated rings. The van der Waals surface area contributed by atoms with Crippen LogP contribution in [0.1, 0.15) is 6.42 Å². The van der Waals surface area contributed by atoms with Crippen LogP contribution < -0.4 is 11.2 Å². The lowest BCUT2D eigenvalue weighted by atomic mass is 10.4. The van der Waals surface area contributed by atoms with Crippen molar-refractivity contribution in [1.82, 2.24) is 9.55 Å². The van der Waals surface area contributed by atoms with Crippen LogP contribution in [0.25, 0.3) is 0 Å². The summed E-state index contributed by atoms with van der Waals surface area (Å²) in [6, 6.07) is 0. The second-order valence-corrected chi connectivity index (χ2v) is 2.48. The average Bonchev–Trinajstić information content (AvgIpc) is 2.12. The summed E-state index contributed by atoms with van der Waals surface area (Å²) in [4.78, 5) is 24.0. The number of nitrogens with zero attached hydrogens (tertiary/aromatic N) is 1. The van der Waals surface area contributed by atoms with Gasteiger partial charge in [0.15, 0.2) is 0 Å². The van der Waals surface area contributed by atoms with Crippen molar-refractivity contribution in [3.8, 4) is 0 Å². The highest BCUT2D eigenvalue weighted by Crippen LogP contribution is 1.83. The monoisotopic (exact) mass is 188 g/mol. The quantitative estimate of drug-likeness (QED) is 0.642. The van der Waals surface area contributed by atoms with Gasteiger partial charge < -0.3 is 10.1 Å². The number of aliphatic hydroxyl groups is 1. The van der Waals surface area contributed by atoms with Crippen molar-refractivity contribution >= 4 is 0 Å². The molecule has 6 heteroatoms. The van der Waals surface area contributed by atoms with Gasteiger partial charge in [0.1, 0.15) is 0 Å². The average molecular weight is 188 g/mol. The molecule has 0 radical (unpaired) electrons. The van der Waals surface area contributed by atoms with Gasteiger partial charge >= 0.3 is 5.69 Å². The predicted octanol–water partition coefficient (Wildman–Crippen LogP) is -0.942. The Morgan fingerprint density at radius 2 is 2.23 bits per heavy atom. The second-order valence-electron chi connectivity index (χ2n) is 2.48. The van der Waals surface area contributed by atoms with Gasteiger partial charge in [-0.3, -0.25) is 9.36 Å². The van der Waals surface area contributed by atoms with Gasteiger partial charge in [0.2, 0.25) is 5.82 Å². The first kappa shape index (κ1) is 9.66. The van der Waals surface area contributed by atoms with Crippen LogP contribution in [0.3, 0.4) is 0 Å². The minimum atomic E-state index is -1.00. The van der Waals surface area contributed by atoms with Crippen LogP contribution in [-0.4, -0.2) is 21.3 Å². The number of aromatic nitrogens is 2. The van der Waals surface area contributed by atoms with E-state index in [2.05, 4.69) is 4.98 Å². The molecular weight excluding hydrogens is 179 g/mol. The fourth-order valence-corrected chi connectivity index (χ4v) is 0.918. The molecule has 0 bridgehead atoms. The van der Waals surface area contributed by atoms with Crippen molar-refractivity contribution in [2.24, 2.45) is 0 Å². The molecule has 0 spiro atoms. The summed E-state index contributed by atoms with van der Waals surface area (Å²) in [5, 5.41) is 8.46. The molecule has 0 amide bonds. The minimum absolute atomic E-state index is 0.0163. The molecule has 0 unspecified atom stereocenters. The van der Waals surface area contributed by atoms with E-state index in [4.69, 9.17) is 5.11 Å². The Bertz CT molecular complexity index is 395. The first-order chi connectivity index (χ1) is 6.16. The SMILES string of the molecule is O=c1[nH]cc(F)c(=O)n1CCCO. The van der Waals surface area contributed by atoms with Crippen LogP contribution in [0.2, 0.25) is 0 Å². The largest absolute Gasteiger partial charge is 0.396 e. The molecule has 0 aromatic carbocycles. The van der Waals surface area contributed by atoms with E-state index in [-0.39, 0.29) is 19.6 Å². The Hall–Kier alpha value is -1.43. The summed E-state index contributed by atoms with van der Waals surface area (Å²) in [6.45, 7) is -0.134. The van der Waals surface area contributed by atoms with Crippen molar-refractivity contribution in [3.05, 3.63) is 32.9 Å². The van der Waals surface area contributed by atoms with Gasteiger partial charge in [0, 0.05) is 19.3 Å². The molecule has 0 aliphatic heterocycles. The molecule has 13 heavy (non-hydrogen) atoms. The van der Waals surface area contributed by atoms with Crippen LogP contribution in [0, 0.1) is 5.82 Å². The first-order valence-electron chi connectivity index (χ1n) is 3.75. The fraction of sp³-hybridized carbons (Fsp3) is 0.429. The maximum atomic E-state index is 12.6. The molecule has 1 aromatic rings. The molecular formula is C7H9FN2O3. The fourth-order valence-electron chi connectivity index (χ4n) is 0.918. The zero-order chi connectivity index (χ0) is 9.84. The molecule has 0 saturated carbocycles. The zero-order valence-electron chi connectivity index (χ0n) is 6.79. The number of nitrogens with one attached hydrogen (secondary N) is 1. The third kappa shape index (κ3) is 2.03. The number of aliphatic hydroxyl groups excluding tert-OH is 1. The van der Waals surface area contributed by atoms with Crippen molar-refractivity contribution in [2.75, 3.05) is 6.61 Å². The third-order valence-electron chi connectivity index (χ3n) is 1.56. The van der Waals surface area contributed by atoms with E-state index in [0.29, 0.717) is 4.57 Å². The van der Waals surface area contributed by atoms with Crippen LogP contribution >= 0.6 is 0 Å². The molecule has 1 aromatic heterocycles. The molecule has 2 N–H and O–H groups in total. The van der Waals surface area contributed by atoms with Crippen molar-refractivity contribution in [1.29, 1.82) is 0 Å². The molecule has 1 heterocycles. The van der Waals surface area contributed by atoms with Crippen LogP contribution in [0.15, 0.2) is 15.8 Å². The standard InChI is InChI=1S/C7H9FN2O3/c8-5-4-9-7(13)10(6(5)12)2-1-3-11/h4,11H,1-3H2,(H,9,13).